The van der Waals surface area contributed by atoms with Gasteiger partial charge >= 0.3 is 5.88 Å². The van der Waals surface area contributed by atoms with Crippen LogP contribution in [-0.2, 0) is 0 Å². The van der Waals surface area contributed by atoms with Gasteiger partial charge in [-0.05, 0) is 32.1 Å². The molecule has 1 aromatic heterocycles. The van der Waals surface area contributed by atoms with Crippen molar-refractivity contribution >= 4 is 18.2 Å². The van der Waals surface area contributed by atoms with Gasteiger partial charge in [-0.2, -0.15) is 0 Å². The fourth-order valence-electron chi connectivity index (χ4n) is 0.890. The molecule has 0 aromatic carbocycles. The Balaban J connectivity index is 2.61. The molecule has 1 rings (SSSR count). The Morgan fingerprint density at radius 1 is 1.53 bits per heavy atom. The van der Waals surface area contributed by atoms with Crippen molar-refractivity contribution in [2.45, 2.75) is 19.9 Å². The summed E-state index contributed by atoms with van der Waals surface area (Å²) in [6, 6.07) is 3.09. The number of aliphatic imine (C=N–C) groups is 1. The van der Waals surface area contributed by atoms with Crippen molar-refractivity contribution in [3.8, 4) is 0 Å². The fraction of sp³-hybridized carbons (Fsp3) is 0.300. The van der Waals surface area contributed by atoms with Crippen molar-refractivity contribution in [3.63, 3.8) is 0 Å². The Morgan fingerprint density at radius 3 is 2.80 bits per heavy atom. The molecule has 0 saturated heterocycles. The second kappa shape index (κ2) is 5.09. The summed E-state index contributed by atoms with van der Waals surface area (Å²) in [5.74, 6) is 0.187. The van der Waals surface area contributed by atoms with E-state index < -0.39 is 4.92 Å². The minimum absolute atomic E-state index is 0.237. The standard InChI is InChI=1S/C10H12N2O3/c1-8(2)11-7-3-4-9-5-6-10(15-9)12(13)14/h3-8H,1-2H3/b4-3+,11-7?. The van der Waals surface area contributed by atoms with E-state index in [1.165, 1.54) is 12.1 Å². The van der Waals surface area contributed by atoms with Crippen molar-refractivity contribution in [2.24, 2.45) is 4.99 Å². The summed E-state index contributed by atoms with van der Waals surface area (Å²) in [4.78, 5) is 13.8. The van der Waals surface area contributed by atoms with Crippen molar-refractivity contribution in [1.82, 2.24) is 0 Å². The Hall–Kier alpha value is -1.91. The lowest BCUT2D eigenvalue weighted by Crippen LogP contribution is -1.86. The lowest BCUT2D eigenvalue weighted by Gasteiger charge is -1.89. The van der Waals surface area contributed by atoms with Gasteiger partial charge in [0.25, 0.3) is 0 Å². The lowest BCUT2D eigenvalue weighted by molar-refractivity contribution is -0.402. The van der Waals surface area contributed by atoms with E-state index in [2.05, 4.69) is 4.99 Å². The molecule has 5 nitrogen and oxygen atoms in total. The molecule has 0 atom stereocenters. The lowest BCUT2D eigenvalue weighted by atomic mass is 10.4. The van der Waals surface area contributed by atoms with Gasteiger partial charge in [0.1, 0.15) is 10.7 Å². The molecule has 0 N–H and O–H groups in total. The molecule has 5 heteroatoms. The Kier molecular flexibility index (Phi) is 3.79. The molecule has 0 fully saturated rings. The summed E-state index contributed by atoms with van der Waals surface area (Å²) < 4.78 is 4.90. The summed E-state index contributed by atoms with van der Waals surface area (Å²) in [5, 5.41) is 10.3. The van der Waals surface area contributed by atoms with Crippen LogP contribution in [0.1, 0.15) is 19.6 Å². The van der Waals surface area contributed by atoms with Gasteiger partial charge in [0.2, 0.25) is 0 Å². The number of allylic oxidation sites excluding steroid dienone is 1. The molecule has 0 spiro atoms. The second-order valence-corrected chi connectivity index (χ2v) is 3.18. The Morgan fingerprint density at radius 2 is 2.27 bits per heavy atom. The summed E-state index contributed by atoms with van der Waals surface area (Å²) in [7, 11) is 0. The Labute approximate surface area is 87.3 Å². The molecule has 0 unspecified atom stereocenters. The van der Waals surface area contributed by atoms with Crippen LogP contribution in [-0.4, -0.2) is 17.2 Å². The van der Waals surface area contributed by atoms with Crippen LogP contribution in [0.5, 0.6) is 0 Å². The van der Waals surface area contributed by atoms with Gasteiger partial charge < -0.3 is 4.42 Å². The molecule has 0 radical (unpaired) electrons. The molecule has 0 aliphatic heterocycles. The quantitative estimate of drug-likeness (QED) is 0.434. The van der Waals surface area contributed by atoms with Gasteiger partial charge in [-0.1, -0.05) is 0 Å². The Bertz CT molecular complexity index is 391. The fourth-order valence-corrected chi connectivity index (χ4v) is 0.890. The molecule has 80 valence electrons. The second-order valence-electron chi connectivity index (χ2n) is 3.18. The smallest absolute Gasteiger partial charge is 0.401 e. The number of nitro groups is 1. The monoisotopic (exact) mass is 208 g/mol. The number of furan rings is 1. The van der Waals surface area contributed by atoms with E-state index in [-0.39, 0.29) is 11.9 Å². The molecule has 1 heterocycles. The molecule has 0 aliphatic rings. The predicted molar refractivity (Wildman–Crippen MR) is 58.0 cm³/mol. The van der Waals surface area contributed by atoms with E-state index >= 15 is 0 Å². The van der Waals surface area contributed by atoms with Gasteiger partial charge in [-0.3, -0.25) is 15.1 Å². The number of nitrogens with zero attached hydrogens (tertiary/aromatic N) is 2. The topological polar surface area (TPSA) is 68.6 Å². The molecule has 0 aliphatic carbocycles. The van der Waals surface area contributed by atoms with Crippen molar-refractivity contribution in [1.29, 1.82) is 0 Å². The van der Waals surface area contributed by atoms with Crippen LogP contribution >= 0.6 is 0 Å². The summed E-state index contributed by atoms with van der Waals surface area (Å²) in [6.45, 7) is 3.92. The van der Waals surface area contributed by atoms with Crippen molar-refractivity contribution in [2.75, 3.05) is 0 Å². The summed E-state index contributed by atoms with van der Waals surface area (Å²) in [6.07, 6.45) is 4.94. The molecule has 0 saturated carbocycles. The van der Waals surface area contributed by atoms with Crippen molar-refractivity contribution < 1.29 is 9.34 Å². The van der Waals surface area contributed by atoms with Crippen LogP contribution in [0.25, 0.3) is 6.08 Å². The first-order valence-electron chi connectivity index (χ1n) is 4.53. The molecular formula is C10H12N2O3. The molecular weight excluding hydrogens is 196 g/mol. The van der Waals surface area contributed by atoms with E-state index in [1.54, 1.807) is 18.4 Å². The molecule has 0 amide bonds. The third kappa shape index (κ3) is 3.76. The zero-order valence-corrected chi connectivity index (χ0v) is 8.58. The van der Waals surface area contributed by atoms with Crippen LogP contribution in [0.15, 0.2) is 27.6 Å². The van der Waals surface area contributed by atoms with Gasteiger partial charge in [-0.25, -0.2) is 0 Å². The first kappa shape index (κ1) is 11.2. The summed E-state index contributed by atoms with van der Waals surface area (Å²) in [5.41, 5.74) is 0. The average molecular weight is 208 g/mol. The SMILES string of the molecule is CC(C)N=C/C=C/c1ccc([N+](=O)[O-])o1. The van der Waals surface area contributed by atoms with Crippen LogP contribution in [0.4, 0.5) is 5.88 Å². The van der Waals surface area contributed by atoms with Gasteiger partial charge in [0.15, 0.2) is 0 Å². The number of rotatable bonds is 4. The highest BCUT2D eigenvalue weighted by Crippen LogP contribution is 2.16. The highest BCUT2D eigenvalue weighted by atomic mass is 16.6. The van der Waals surface area contributed by atoms with Crippen LogP contribution < -0.4 is 0 Å². The highest BCUT2D eigenvalue weighted by molar-refractivity contribution is 5.77. The largest absolute Gasteiger partial charge is 0.433 e. The minimum atomic E-state index is -0.570. The van der Waals surface area contributed by atoms with Crippen LogP contribution in [0.3, 0.4) is 0 Å². The van der Waals surface area contributed by atoms with Crippen LogP contribution in [0.2, 0.25) is 0 Å². The van der Waals surface area contributed by atoms with E-state index in [4.69, 9.17) is 4.42 Å². The average Bonchev–Trinajstić information content (AvgIpc) is 2.60. The van der Waals surface area contributed by atoms with Gasteiger partial charge in [0, 0.05) is 12.3 Å². The van der Waals surface area contributed by atoms with Crippen LogP contribution in [0, 0.1) is 10.1 Å². The normalized spacial score (nSPS) is 11.9. The summed E-state index contributed by atoms with van der Waals surface area (Å²) >= 11 is 0. The van der Waals surface area contributed by atoms with Gasteiger partial charge in [-0.15, -0.1) is 0 Å². The van der Waals surface area contributed by atoms with E-state index in [0.29, 0.717) is 5.76 Å². The molecule has 0 bridgehead atoms. The predicted octanol–water partition coefficient (Wildman–Crippen LogP) is 2.68. The van der Waals surface area contributed by atoms with Gasteiger partial charge in [0.05, 0.1) is 6.07 Å². The highest BCUT2D eigenvalue weighted by Gasteiger charge is 2.09. The zero-order valence-electron chi connectivity index (χ0n) is 8.58. The maximum Gasteiger partial charge on any atom is 0.433 e. The number of hydrogen-bond acceptors (Lipinski definition) is 4. The first-order valence-corrected chi connectivity index (χ1v) is 4.53. The zero-order chi connectivity index (χ0) is 11.3. The third-order valence-electron chi connectivity index (χ3n) is 1.52. The molecule has 1 aromatic rings. The van der Waals surface area contributed by atoms with E-state index in [1.807, 2.05) is 13.8 Å². The maximum absolute atomic E-state index is 10.3. The minimum Gasteiger partial charge on any atom is -0.401 e. The molecule has 15 heavy (non-hydrogen) atoms. The third-order valence-corrected chi connectivity index (χ3v) is 1.52. The maximum atomic E-state index is 10.3. The van der Waals surface area contributed by atoms with E-state index in [0.717, 1.165) is 0 Å². The number of hydrogen-bond donors (Lipinski definition) is 0. The first-order chi connectivity index (χ1) is 7.09. The van der Waals surface area contributed by atoms with Crippen molar-refractivity contribution in [3.05, 3.63) is 34.1 Å². The van der Waals surface area contributed by atoms with E-state index in [9.17, 15) is 10.1 Å².